The number of pyridine rings is 1. The van der Waals surface area contributed by atoms with Gasteiger partial charge in [-0.05, 0) is 47.3 Å². The molecule has 1 aromatic rings. The second-order valence-electron chi connectivity index (χ2n) is 4.12. The molecule has 1 saturated carbocycles. The molecule has 0 unspecified atom stereocenters. The summed E-state index contributed by atoms with van der Waals surface area (Å²) in [5.41, 5.74) is 0.283. The summed E-state index contributed by atoms with van der Waals surface area (Å²) >= 11 is 3.32. The smallest absolute Gasteiger partial charge is 0.170 e. The molecule has 1 aliphatic carbocycles. The van der Waals surface area contributed by atoms with Crippen LogP contribution in [0, 0.1) is 0 Å². The van der Waals surface area contributed by atoms with Crippen LogP contribution < -0.4 is 0 Å². The van der Waals surface area contributed by atoms with E-state index < -0.39 is 5.60 Å². The summed E-state index contributed by atoms with van der Waals surface area (Å²) in [5.74, 6) is 0.149. The Morgan fingerprint density at radius 2 is 2.31 bits per heavy atom. The molecule has 86 valence electrons. The van der Waals surface area contributed by atoms with E-state index in [4.69, 9.17) is 4.74 Å². The molecule has 4 heteroatoms. The maximum atomic E-state index is 12.1. The van der Waals surface area contributed by atoms with Crippen molar-refractivity contribution in [3.63, 3.8) is 0 Å². The number of Topliss-reactive ketones (excluding diaryl/α,β-unsaturated/α-hetero) is 1. The summed E-state index contributed by atoms with van der Waals surface area (Å²) < 4.78 is 6.27. The van der Waals surface area contributed by atoms with Gasteiger partial charge in [0, 0.05) is 23.5 Å². The quantitative estimate of drug-likeness (QED) is 0.853. The zero-order valence-corrected chi connectivity index (χ0v) is 10.8. The highest BCUT2D eigenvalue weighted by atomic mass is 79.9. The number of carbonyl (C=O) groups excluding carboxylic acids is 1. The Morgan fingerprint density at radius 1 is 1.56 bits per heavy atom. The minimum Gasteiger partial charge on any atom is -0.370 e. The van der Waals surface area contributed by atoms with Gasteiger partial charge in [-0.2, -0.15) is 0 Å². The average molecular weight is 284 g/mol. The Kier molecular flexibility index (Phi) is 3.40. The number of methoxy groups -OCH3 is 1. The number of nitrogens with zero attached hydrogens (tertiary/aromatic N) is 1. The molecule has 0 aromatic carbocycles. The lowest BCUT2D eigenvalue weighted by molar-refractivity contribution is -0.151. The number of hydrogen-bond donors (Lipinski definition) is 0. The van der Waals surface area contributed by atoms with Crippen LogP contribution in [-0.4, -0.2) is 23.5 Å². The number of aromatic nitrogens is 1. The summed E-state index contributed by atoms with van der Waals surface area (Å²) in [6, 6.07) is 3.76. The summed E-state index contributed by atoms with van der Waals surface area (Å²) in [5, 5.41) is 0. The first-order chi connectivity index (χ1) is 7.66. The predicted molar refractivity (Wildman–Crippen MR) is 64.2 cm³/mol. The number of hydrogen-bond acceptors (Lipinski definition) is 3. The Balaban J connectivity index is 2.04. The fourth-order valence-electron chi connectivity index (χ4n) is 1.93. The number of carbonyl (C=O) groups is 1. The number of halogens is 1. The minimum atomic E-state index is -0.519. The second kappa shape index (κ2) is 4.63. The molecule has 16 heavy (non-hydrogen) atoms. The van der Waals surface area contributed by atoms with Gasteiger partial charge in [0.1, 0.15) is 5.60 Å². The van der Waals surface area contributed by atoms with Crippen LogP contribution in [-0.2, 0) is 16.0 Å². The maximum absolute atomic E-state index is 12.1. The SMILES string of the molecule is COC1(C(=O)Cc2ccc(Br)cn2)CCC1. The Hall–Kier alpha value is -0.740. The van der Waals surface area contributed by atoms with Gasteiger partial charge in [-0.3, -0.25) is 9.78 Å². The van der Waals surface area contributed by atoms with Crippen molar-refractivity contribution in [2.45, 2.75) is 31.3 Å². The molecule has 3 nitrogen and oxygen atoms in total. The van der Waals surface area contributed by atoms with Crippen LogP contribution in [0.2, 0.25) is 0 Å². The van der Waals surface area contributed by atoms with Crippen molar-refractivity contribution in [1.82, 2.24) is 4.98 Å². The van der Waals surface area contributed by atoms with Gasteiger partial charge >= 0.3 is 0 Å². The maximum Gasteiger partial charge on any atom is 0.170 e. The standard InChI is InChI=1S/C12H14BrNO2/c1-16-12(5-2-6-12)11(15)7-10-4-3-9(13)8-14-10/h3-4,8H,2,5-7H2,1H3. The monoisotopic (exact) mass is 283 g/mol. The van der Waals surface area contributed by atoms with Gasteiger partial charge in [-0.25, -0.2) is 0 Å². The van der Waals surface area contributed by atoms with E-state index >= 15 is 0 Å². The topological polar surface area (TPSA) is 39.2 Å². The summed E-state index contributed by atoms with van der Waals surface area (Å²) in [4.78, 5) is 16.3. The van der Waals surface area contributed by atoms with Gasteiger partial charge in [0.15, 0.2) is 5.78 Å². The van der Waals surface area contributed by atoms with E-state index in [0.29, 0.717) is 6.42 Å². The van der Waals surface area contributed by atoms with Gasteiger partial charge in [-0.1, -0.05) is 0 Å². The molecule has 1 fully saturated rings. The first kappa shape index (κ1) is 11.7. The fraction of sp³-hybridized carbons (Fsp3) is 0.500. The highest BCUT2D eigenvalue weighted by molar-refractivity contribution is 9.10. The van der Waals surface area contributed by atoms with E-state index in [-0.39, 0.29) is 5.78 Å². The molecule has 1 aromatic heterocycles. The molecule has 0 N–H and O–H groups in total. The van der Waals surface area contributed by atoms with E-state index in [0.717, 1.165) is 29.4 Å². The average Bonchev–Trinajstić information content (AvgIpc) is 2.21. The minimum absolute atomic E-state index is 0.149. The Labute approximate surface area is 103 Å². The number of ether oxygens (including phenoxy) is 1. The van der Waals surface area contributed by atoms with Gasteiger partial charge in [-0.15, -0.1) is 0 Å². The molecule has 1 aliphatic rings. The van der Waals surface area contributed by atoms with Crippen LogP contribution >= 0.6 is 15.9 Å². The van der Waals surface area contributed by atoms with Crippen molar-refractivity contribution in [3.05, 3.63) is 28.5 Å². The van der Waals surface area contributed by atoms with E-state index in [1.54, 1.807) is 13.3 Å². The molecule has 0 radical (unpaired) electrons. The molecule has 0 saturated heterocycles. The van der Waals surface area contributed by atoms with Crippen LogP contribution in [0.4, 0.5) is 0 Å². The van der Waals surface area contributed by atoms with Crippen LogP contribution in [0.1, 0.15) is 25.0 Å². The lowest BCUT2D eigenvalue weighted by Crippen LogP contribution is -2.47. The number of rotatable bonds is 4. The third kappa shape index (κ3) is 2.18. The molecule has 2 rings (SSSR count). The molecular formula is C12H14BrNO2. The Morgan fingerprint density at radius 3 is 2.75 bits per heavy atom. The lowest BCUT2D eigenvalue weighted by Gasteiger charge is -2.38. The number of ketones is 1. The molecule has 0 aliphatic heterocycles. The van der Waals surface area contributed by atoms with Gasteiger partial charge in [0.2, 0.25) is 0 Å². The largest absolute Gasteiger partial charge is 0.370 e. The molecule has 1 heterocycles. The van der Waals surface area contributed by atoms with Crippen molar-refractivity contribution in [1.29, 1.82) is 0 Å². The predicted octanol–water partition coefficient (Wildman–Crippen LogP) is 2.52. The van der Waals surface area contributed by atoms with E-state index in [2.05, 4.69) is 20.9 Å². The summed E-state index contributed by atoms with van der Waals surface area (Å²) in [6.07, 6.45) is 4.84. The molecular weight excluding hydrogens is 270 g/mol. The van der Waals surface area contributed by atoms with E-state index in [1.807, 2.05) is 12.1 Å². The first-order valence-electron chi connectivity index (χ1n) is 5.35. The highest BCUT2D eigenvalue weighted by Crippen LogP contribution is 2.36. The zero-order valence-electron chi connectivity index (χ0n) is 9.20. The third-order valence-corrected chi connectivity index (χ3v) is 3.66. The summed E-state index contributed by atoms with van der Waals surface area (Å²) in [7, 11) is 1.62. The molecule has 0 spiro atoms. The second-order valence-corrected chi connectivity index (χ2v) is 5.04. The van der Waals surface area contributed by atoms with E-state index in [9.17, 15) is 4.79 Å². The van der Waals surface area contributed by atoms with Crippen molar-refractivity contribution >= 4 is 21.7 Å². The summed E-state index contributed by atoms with van der Waals surface area (Å²) in [6.45, 7) is 0. The van der Waals surface area contributed by atoms with Gasteiger partial charge < -0.3 is 4.74 Å². The van der Waals surface area contributed by atoms with Crippen LogP contribution in [0.3, 0.4) is 0 Å². The zero-order chi connectivity index (χ0) is 11.6. The highest BCUT2D eigenvalue weighted by Gasteiger charge is 2.43. The van der Waals surface area contributed by atoms with E-state index in [1.165, 1.54) is 0 Å². The molecule has 0 bridgehead atoms. The lowest BCUT2D eigenvalue weighted by atomic mass is 9.75. The van der Waals surface area contributed by atoms with Gasteiger partial charge in [0.25, 0.3) is 0 Å². The normalized spacial score (nSPS) is 17.9. The van der Waals surface area contributed by atoms with Gasteiger partial charge in [0.05, 0.1) is 6.42 Å². The first-order valence-corrected chi connectivity index (χ1v) is 6.14. The van der Waals surface area contributed by atoms with Crippen molar-refractivity contribution in [3.8, 4) is 0 Å². The van der Waals surface area contributed by atoms with Crippen LogP contribution in [0.25, 0.3) is 0 Å². The fourth-order valence-corrected chi connectivity index (χ4v) is 2.17. The molecule has 0 atom stereocenters. The van der Waals surface area contributed by atoms with Crippen molar-refractivity contribution in [2.75, 3.05) is 7.11 Å². The van der Waals surface area contributed by atoms with Crippen LogP contribution in [0.15, 0.2) is 22.8 Å². The molecule has 0 amide bonds. The third-order valence-electron chi connectivity index (χ3n) is 3.19. The van der Waals surface area contributed by atoms with Crippen LogP contribution in [0.5, 0.6) is 0 Å². The van der Waals surface area contributed by atoms with Crippen molar-refractivity contribution < 1.29 is 9.53 Å². The van der Waals surface area contributed by atoms with Crippen molar-refractivity contribution in [2.24, 2.45) is 0 Å². The Bertz CT molecular complexity index is 379.